The summed E-state index contributed by atoms with van der Waals surface area (Å²) in [4.78, 5) is 1.86. The lowest BCUT2D eigenvalue weighted by Crippen LogP contribution is -2.46. The second-order valence-corrected chi connectivity index (χ2v) is 8.24. The summed E-state index contributed by atoms with van der Waals surface area (Å²) in [7, 11) is 1.84. The van der Waals surface area contributed by atoms with Gasteiger partial charge in [0.1, 0.15) is 23.4 Å². The number of aromatic nitrogens is 5. The van der Waals surface area contributed by atoms with E-state index in [1.165, 1.54) is 29.2 Å². The van der Waals surface area contributed by atoms with Crippen molar-refractivity contribution in [1.29, 1.82) is 0 Å². The number of phenolic OH excluding ortho intramolecular Hbond substituents is 1. The molecule has 2 aliphatic carbocycles. The van der Waals surface area contributed by atoms with Gasteiger partial charge in [-0.05, 0) is 55.7 Å². The number of alkyl halides is 1. The van der Waals surface area contributed by atoms with Crippen molar-refractivity contribution >= 4 is 5.82 Å². The summed E-state index contributed by atoms with van der Waals surface area (Å²) >= 11 is 0. The van der Waals surface area contributed by atoms with Gasteiger partial charge < -0.3 is 10.0 Å². The third-order valence-corrected chi connectivity index (χ3v) is 6.49. The van der Waals surface area contributed by atoms with E-state index < -0.39 is 12.0 Å². The molecule has 7 nitrogen and oxygen atoms in total. The second-order valence-electron chi connectivity index (χ2n) is 8.24. The average molecular weight is 412 g/mol. The zero-order valence-electron chi connectivity index (χ0n) is 16.5. The van der Waals surface area contributed by atoms with Gasteiger partial charge in [0, 0.05) is 18.7 Å². The molecule has 30 heavy (non-hydrogen) atoms. The lowest BCUT2D eigenvalue weighted by Gasteiger charge is -2.38. The van der Waals surface area contributed by atoms with Crippen LogP contribution in [-0.2, 0) is 0 Å². The minimum atomic E-state index is -0.863. The number of nitrogens with zero attached hydrogens (tertiary/aromatic N) is 6. The van der Waals surface area contributed by atoms with Crippen LogP contribution >= 0.6 is 0 Å². The van der Waals surface area contributed by atoms with Crippen LogP contribution in [0.2, 0.25) is 0 Å². The van der Waals surface area contributed by atoms with Crippen LogP contribution in [0.4, 0.5) is 14.6 Å². The molecule has 0 spiro atoms. The molecule has 0 aliphatic heterocycles. The number of aromatic hydroxyl groups is 1. The SMILES string of the molecule is CN(c1ccc(-c2cc(F)c(-n3ccnn3)cc2O)nn1)[C@@H]1C[C@H]2CC[C@H](C2)[C@@H]1F. The Morgan fingerprint density at radius 2 is 2.03 bits per heavy atom. The molecule has 4 atom stereocenters. The van der Waals surface area contributed by atoms with Gasteiger partial charge in [-0.1, -0.05) is 5.21 Å². The van der Waals surface area contributed by atoms with Gasteiger partial charge >= 0.3 is 0 Å². The Morgan fingerprint density at radius 3 is 2.77 bits per heavy atom. The Balaban J connectivity index is 1.39. The van der Waals surface area contributed by atoms with Crippen molar-refractivity contribution in [2.24, 2.45) is 11.8 Å². The molecule has 3 aromatic rings. The maximum atomic E-state index is 14.9. The highest BCUT2D eigenvalue weighted by molar-refractivity contribution is 5.69. The smallest absolute Gasteiger partial charge is 0.151 e. The summed E-state index contributed by atoms with van der Waals surface area (Å²) < 4.78 is 30.7. The summed E-state index contributed by atoms with van der Waals surface area (Å²) in [6, 6.07) is 5.65. The summed E-state index contributed by atoms with van der Waals surface area (Å²) in [6.07, 6.45) is 5.94. The van der Waals surface area contributed by atoms with Crippen molar-refractivity contribution in [3.05, 3.63) is 42.5 Å². The highest BCUT2D eigenvalue weighted by atomic mass is 19.1. The van der Waals surface area contributed by atoms with Crippen molar-refractivity contribution in [1.82, 2.24) is 25.2 Å². The van der Waals surface area contributed by atoms with Crippen LogP contribution in [-0.4, -0.2) is 49.6 Å². The lowest BCUT2D eigenvalue weighted by atomic mass is 9.83. The van der Waals surface area contributed by atoms with Crippen LogP contribution in [0.5, 0.6) is 5.75 Å². The standard InChI is InChI=1S/C21H22F2N6O/c1-28(18-9-12-2-3-13(8-12)21(18)23)20-5-4-16(25-26-20)14-10-15(22)17(11-19(14)30)29-7-6-24-27-29/h4-7,10-13,18,21,30H,2-3,8-9H2,1H3/t12-,13+,18+,21-/m0/s1. The van der Waals surface area contributed by atoms with E-state index >= 15 is 0 Å². The van der Waals surface area contributed by atoms with E-state index in [-0.39, 0.29) is 29.0 Å². The molecule has 2 aliphatic rings. The molecule has 2 heterocycles. The van der Waals surface area contributed by atoms with Crippen LogP contribution in [0.1, 0.15) is 25.7 Å². The Hall–Kier alpha value is -3.10. The molecular formula is C21H22F2N6O. The number of hydrogen-bond acceptors (Lipinski definition) is 6. The summed E-state index contributed by atoms with van der Waals surface area (Å²) in [5.74, 6) is 0.572. The van der Waals surface area contributed by atoms with Crippen molar-refractivity contribution in [2.45, 2.75) is 37.9 Å². The topological polar surface area (TPSA) is 80.0 Å². The molecule has 0 unspecified atom stereocenters. The lowest BCUT2D eigenvalue weighted by molar-refractivity contribution is 0.144. The average Bonchev–Trinajstić information content (AvgIpc) is 3.42. The van der Waals surface area contributed by atoms with Gasteiger partial charge in [-0.25, -0.2) is 13.5 Å². The predicted octanol–water partition coefficient (Wildman–Crippen LogP) is 3.53. The molecule has 2 fully saturated rings. The molecule has 0 radical (unpaired) electrons. The van der Waals surface area contributed by atoms with Gasteiger partial charge in [-0.3, -0.25) is 0 Å². The van der Waals surface area contributed by atoms with Gasteiger partial charge in [0.15, 0.2) is 5.82 Å². The van der Waals surface area contributed by atoms with E-state index in [2.05, 4.69) is 20.5 Å². The monoisotopic (exact) mass is 412 g/mol. The number of rotatable bonds is 4. The molecule has 2 saturated carbocycles. The number of benzene rings is 1. The van der Waals surface area contributed by atoms with Gasteiger partial charge in [0.05, 0.1) is 24.1 Å². The third kappa shape index (κ3) is 3.18. The number of anilines is 1. The molecule has 9 heteroatoms. The van der Waals surface area contributed by atoms with E-state index in [4.69, 9.17) is 0 Å². The van der Waals surface area contributed by atoms with Crippen molar-refractivity contribution in [3.63, 3.8) is 0 Å². The number of hydrogen-bond donors (Lipinski definition) is 1. The number of halogens is 2. The summed E-state index contributed by atoms with van der Waals surface area (Å²) in [5, 5.41) is 26.2. The zero-order chi connectivity index (χ0) is 20.8. The summed E-state index contributed by atoms with van der Waals surface area (Å²) in [6.45, 7) is 0. The van der Waals surface area contributed by atoms with Crippen LogP contribution in [0, 0.1) is 17.7 Å². The zero-order valence-corrected chi connectivity index (χ0v) is 16.5. The van der Waals surface area contributed by atoms with Crippen LogP contribution in [0.3, 0.4) is 0 Å². The Bertz CT molecular complexity index is 1040. The highest BCUT2D eigenvalue weighted by Gasteiger charge is 2.44. The Labute approximate surface area is 172 Å². The fraction of sp³-hybridized carbons (Fsp3) is 0.429. The van der Waals surface area contributed by atoms with Crippen molar-refractivity contribution < 1.29 is 13.9 Å². The van der Waals surface area contributed by atoms with Gasteiger partial charge in [-0.2, -0.15) is 0 Å². The van der Waals surface area contributed by atoms with E-state index in [9.17, 15) is 13.9 Å². The first kappa shape index (κ1) is 18.9. The molecule has 1 aromatic carbocycles. The van der Waals surface area contributed by atoms with Gasteiger partial charge in [0.2, 0.25) is 0 Å². The van der Waals surface area contributed by atoms with Crippen LogP contribution in [0.25, 0.3) is 16.9 Å². The molecule has 2 aromatic heterocycles. The van der Waals surface area contributed by atoms with E-state index in [0.717, 1.165) is 25.7 Å². The van der Waals surface area contributed by atoms with Crippen molar-refractivity contribution in [2.75, 3.05) is 11.9 Å². The third-order valence-electron chi connectivity index (χ3n) is 6.49. The number of fused-ring (bicyclic) bond motifs is 2. The normalized spacial score (nSPS) is 25.4. The number of phenols is 1. The minimum absolute atomic E-state index is 0.0824. The maximum Gasteiger partial charge on any atom is 0.151 e. The fourth-order valence-corrected chi connectivity index (χ4v) is 4.87. The molecule has 1 N–H and O–H groups in total. The first-order valence-corrected chi connectivity index (χ1v) is 10.1. The summed E-state index contributed by atoms with van der Waals surface area (Å²) in [5.41, 5.74) is 0.630. The van der Waals surface area contributed by atoms with E-state index in [0.29, 0.717) is 17.4 Å². The second kappa shape index (κ2) is 7.30. The first-order valence-electron chi connectivity index (χ1n) is 10.1. The first-order chi connectivity index (χ1) is 14.5. The predicted molar refractivity (Wildman–Crippen MR) is 107 cm³/mol. The van der Waals surface area contributed by atoms with E-state index in [1.807, 2.05) is 11.9 Å². The fourth-order valence-electron chi connectivity index (χ4n) is 4.87. The maximum absolute atomic E-state index is 14.9. The molecule has 0 amide bonds. The van der Waals surface area contributed by atoms with Crippen molar-refractivity contribution in [3.8, 4) is 22.7 Å². The molecule has 2 bridgehead atoms. The molecule has 156 valence electrons. The molecule has 0 saturated heterocycles. The quantitative estimate of drug-likeness (QED) is 0.706. The highest BCUT2D eigenvalue weighted by Crippen LogP contribution is 2.45. The largest absolute Gasteiger partial charge is 0.507 e. The van der Waals surface area contributed by atoms with E-state index in [1.54, 1.807) is 12.1 Å². The molecular weight excluding hydrogens is 390 g/mol. The van der Waals surface area contributed by atoms with Gasteiger partial charge in [0.25, 0.3) is 0 Å². The van der Waals surface area contributed by atoms with Crippen LogP contribution < -0.4 is 4.90 Å². The van der Waals surface area contributed by atoms with Crippen LogP contribution in [0.15, 0.2) is 36.7 Å². The Morgan fingerprint density at radius 1 is 1.17 bits per heavy atom. The Kier molecular flexibility index (Phi) is 4.60. The van der Waals surface area contributed by atoms with Gasteiger partial charge in [-0.15, -0.1) is 15.3 Å². The minimum Gasteiger partial charge on any atom is -0.507 e. The molecule has 5 rings (SSSR count).